The molecule has 1 aliphatic heterocycles. The molecule has 2 heterocycles. The summed E-state index contributed by atoms with van der Waals surface area (Å²) in [6.07, 6.45) is 4.62. The minimum Gasteiger partial charge on any atom is -0.477 e. The summed E-state index contributed by atoms with van der Waals surface area (Å²) in [5, 5.41) is 12.5. The normalized spacial score (nSPS) is 20.0. The van der Waals surface area contributed by atoms with Gasteiger partial charge < -0.3 is 19.9 Å². The SMILES string of the molecule is CCCC1CN(c2c(F)cc3c(=O)c(C(=O)O)cn(C4CC4)c3c2F)CCN1. The molecule has 0 spiro atoms. The molecule has 1 unspecified atom stereocenters. The molecule has 1 atom stereocenters. The van der Waals surface area contributed by atoms with E-state index in [2.05, 4.69) is 12.2 Å². The van der Waals surface area contributed by atoms with Crippen LogP contribution in [-0.4, -0.2) is 41.3 Å². The van der Waals surface area contributed by atoms with Gasteiger partial charge >= 0.3 is 5.97 Å². The van der Waals surface area contributed by atoms with Crippen molar-refractivity contribution in [2.45, 2.75) is 44.7 Å². The Balaban J connectivity index is 1.90. The van der Waals surface area contributed by atoms with Crippen LogP contribution in [0.2, 0.25) is 0 Å². The molecule has 0 bridgehead atoms. The largest absolute Gasteiger partial charge is 0.477 e. The second-order valence-corrected chi connectivity index (χ2v) is 7.62. The number of hydrogen-bond acceptors (Lipinski definition) is 4. The van der Waals surface area contributed by atoms with Gasteiger partial charge in [-0.05, 0) is 25.3 Å². The zero-order valence-electron chi connectivity index (χ0n) is 15.7. The summed E-state index contributed by atoms with van der Waals surface area (Å²) in [6, 6.07) is 1.08. The number of carbonyl (C=O) groups is 1. The van der Waals surface area contributed by atoms with Gasteiger partial charge in [-0.15, -0.1) is 0 Å². The summed E-state index contributed by atoms with van der Waals surface area (Å²) in [5.74, 6) is -3.01. The number of carboxylic acid groups (broad SMARTS) is 1. The number of hydrogen-bond donors (Lipinski definition) is 2. The molecular formula is C20H23F2N3O3. The highest BCUT2D eigenvalue weighted by Crippen LogP contribution is 2.39. The Morgan fingerprint density at radius 1 is 1.36 bits per heavy atom. The van der Waals surface area contributed by atoms with Gasteiger partial charge in [-0.25, -0.2) is 13.6 Å². The number of nitrogens with one attached hydrogen (secondary N) is 1. The number of benzene rings is 1. The number of rotatable bonds is 5. The van der Waals surface area contributed by atoms with Gasteiger partial charge in [0.05, 0.1) is 10.9 Å². The molecule has 1 saturated carbocycles. The molecule has 2 aliphatic rings. The van der Waals surface area contributed by atoms with E-state index in [1.165, 1.54) is 10.8 Å². The summed E-state index contributed by atoms with van der Waals surface area (Å²) in [6.45, 7) is 3.62. The first-order valence-corrected chi connectivity index (χ1v) is 9.70. The summed E-state index contributed by atoms with van der Waals surface area (Å²) < 4.78 is 32.0. The average Bonchev–Trinajstić information content (AvgIpc) is 3.48. The zero-order valence-corrected chi connectivity index (χ0v) is 15.7. The van der Waals surface area contributed by atoms with Crippen LogP contribution in [0.15, 0.2) is 17.1 Å². The molecule has 1 aliphatic carbocycles. The standard InChI is InChI=1S/C20H23F2N3O3/c1-2-3-11-9-24(7-6-23-11)18-15(21)8-13-17(16(18)22)25(12-4-5-12)10-14(19(13)26)20(27)28/h8,10-12,23H,2-7,9H2,1H3,(H,27,28). The Morgan fingerprint density at radius 3 is 2.75 bits per heavy atom. The molecule has 1 aromatic carbocycles. The highest BCUT2D eigenvalue weighted by molar-refractivity contribution is 5.94. The number of halogens is 2. The van der Waals surface area contributed by atoms with E-state index in [1.807, 2.05) is 0 Å². The van der Waals surface area contributed by atoms with Crippen molar-refractivity contribution in [1.29, 1.82) is 0 Å². The zero-order chi connectivity index (χ0) is 20.0. The van der Waals surface area contributed by atoms with Crippen LogP contribution >= 0.6 is 0 Å². The van der Waals surface area contributed by atoms with Crippen molar-refractivity contribution in [3.8, 4) is 0 Å². The van der Waals surface area contributed by atoms with Crippen LogP contribution in [0.25, 0.3) is 10.9 Å². The maximum absolute atomic E-state index is 15.6. The number of carboxylic acids is 1. The lowest BCUT2D eigenvalue weighted by molar-refractivity contribution is 0.0695. The molecule has 2 N–H and O–H groups in total. The fraction of sp³-hybridized carbons (Fsp3) is 0.500. The van der Waals surface area contributed by atoms with Gasteiger partial charge in [-0.1, -0.05) is 13.3 Å². The van der Waals surface area contributed by atoms with Gasteiger partial charge in [-0.2, -0.15) is 0 Å². The van der Waals surface area contributed by atoms with Crippen molar-refractivity contribution in [3.63, 3.8) is 0 Å². The third-order valence-electron chi connectivity index (χ3n) is 5.56. The van der Waals surface area contributed by atoms with Crippen molar-refractivity contribution >= 4 is 22.6 Å². The molecule has 0 amide bonds. The van der Waals surface area contributed by atoms with Crippen molar-refractivity contribution < 1.29 is 18.7 Å². The fourth-order valence-electron chi connectivity index (χ4n) is 4.08. The monoisotopic (exact) mass is 391 g/mol. The topological polar surface area (TPSA) is 74.6 Å². The van der Waals surface area contributed by atoms with Crippen LogP contribution in [0.4, 0.5) is 14.5 Å². The van der Waals surface area contributed by atoms with Gasteiger partial charge in [0.15, 0.2) is 5.82 Å². The van der Waals surface area contributed by atoms with Gasteiger partial charge in [0.1, 0.15) is 17.1 Å². The lowest BCUT2D eigenvalue weighted by atomic mass is 10.1. The molecule has 1 saturated heterocycles. The molecule has 6 nitrogen and oxygen atoms in total. The van der Waals surface area contributed by atoms with E-state index >= 15 is 4.39 Å². The molecule has 8 heteroatoms. The van der Waals surface area contributed by atoms with Crippen LogP contribution in [0.5, 0.6) is 0 Å². The number of pyridine rings is 1. The first kappa shape index (κ1) is 18.9. The molecule has 1 aromatic heterocycles. The van der Waals surface area contributed by atoms with Gasteiger partial charge in [0.25, 0.3) is 0 Å². The highest BCUT2D eigenvalue weighted by atomic mass is 19.1. The molecule has 4 rings (SSSR count). The molecular weight excluding hydrogens is 368 g/mol. The lowest BCUT2D eigenvalue weighted by Gasteiger charge is -2.35. The predicted octanol–water partition coefficient (Wildman–Crippen LogP) is 2.89. The van der Waals surface area contributed by atoms with E-state index in [9.17, 15) is 19.1 Å². The fourth-order valence-corrected chi connectivity index (χ4v) is 4.08. The molecule has 0 radical (unpaired) electrons. The van der Waals surface area contributed by atoms with Crippen molar-refractivity contribution in [2.75, 3.05) is 24.5 Å². The number of nitrogens with zero attached hydrogens (tertiary/aromatic N) is 2. The van der Waals surface area contributed by atoms with Crippen molar-refractivity contribution in [2.24, 2.45) is 0 Å². The number of aromatic carboxylic acids is 1. The minimum atomic E-state index is -1.39. The maximum Gasteiger partial charge on any atom is 0.341 e. The van der Waals surface area contributed by atoms with E-state index in [0.717, 1.165) is 31.7 Å². The van der Waals surface area contributed by atoms with Gasteiger partial charge in [0.2, 0.25) is 5.43 Å². The Morgan fingerprint density at radius 2 is 2.11 bits per heavy atom. The summed E-state index contributed by atoms with van der Waals surface area (Å²) in [4.78, 5) is 25.7. The third-order valence-corrected chi connectivity index (χ3v) is 5.56. The van der Waals surface area contributed by atoms with E-state index in [4.69, 9.17) is 0 Å². The first-order chi connectivity index (χ1) is 13.4. The van der Waals surface area contributed by atoms with E-state index < -0.39 is 28.6 Å². The van der Waals surface area contributed by atoms with E-state index in [-0.39, 0.29) is 28.7 Å². The second kappa shape index (κ2) is 7.16. The molecule has 2 fully saturated rings. The molecule has 28 heavy (non-hydrogen) atoms. The third kappa shape index (κ3) is 3.15. The number of piperazine rings is 1. The van der Waals surface area contributed by atoms with E-state index in [0.29, 0.717) is 19.6 Å². The van der Waals surface area contributed by atoms with Crippen LogP contribution in [0.3, 0.4) is 0 Å². The lowest BCUT2D eigenvalue weighted by Crippen LogP contribution is -2.51. The summed E-state index contributed by atoms with van der Waals surface area (Å²) >= 11 is 0. The molecule has 150 valence electrons. The minimum absolute atomic E-state index is 0.000487. The van der Waals surface area contributed by atoms with Gasteiger partial charge in [-0.3, -0.25) is 4.79 Å². The second-order valence-electron chi connectivity index (χ2n) is 7.62. The Labute approximate surface area is 160 Å². The highest BCUT2D eigenvalue weighted by Gasteiger charge is 2.32. The van der Waals surface area contributed by atoms with Crippen LogP contribution in [0, 0.1) is 11.6 Å². The molecule has 2 aromatic rings. The number of anilines is 1. The van der Waals surface area contributed by atoms with Crippen molar-refractivity contribution in [3.05, 3.63) is 39.7 Å². The average molecular weight is 391 g/mol. The van der Waals surface area contributed by atoms with Crippen LogP contribution in [0.1, 0.15) is 49.0 Å². The van der Waals surface area contributed by atoms with E-state index in [1.54, 1.807) is 4.90 Å². The van der Waals surface area contributed by atoms with Gasteiger partial charge in [0, 0.05) is 37.9 Å². The maximum atomic E-state index is 15.6. The smallest absolute Gasteiger partial charge is 0.341 e. The quantitative estimate of drug-likeness (QED) is 0.820. The summed E-state index contributed by atoms with van der Waals surface area (Å²) in [5.41, 5.74) is -1.45. The Kier molecular flexibility index (Phi) is 4.82. The number of fused-ring (bicyclic) bond motifs is 1. The Bertz CT molecular complexity index is 999. The Hall–Kier alpha value is -2.48. The van der Waals surface area contributed by atoms with Crippen LogP contribution < -0.4 is 15.6 Å². The number of aromatic nitrogens is 1. The van der Waals surface area contributed by atoms with Crippen molar-refractivity contribution in [1.82, 2.24) is 9.88 Å². The first-order valence-electron chi connectivity index (χ1n) is 9.70. The summed E-state index contributed by atoms with van der Waals surface area (Å²) in [7, 11) is 0. The van der Waals surface area contributed by atoms with Crippen LogP contribution in [-0.2, 0) is 0 Å². The predicted molar refractivity (Wildman–Crippen MR) is 102 cm³/mol.